The summed E-state index contributed by atoms with van der Waals surface area (Å²) in [4.78, 5) is 16.4. The van der Waals surface area contributed by atoms with Gasteiger partial charge in [0.05, 0.1) is 20.5 Å². The predicted molar refractivity (Wildman–Crippen MR) is 104 cm³/mol. The average molecular weight is 411 g/mol. The van der Waals surface area contributed by atoms with Gasteiger partial charge in [-0.05, 0) is 30.3 Å². The fourth-order valence-corrected chi connectivity index (χ4v) is 4.47. The maximum atomic E-state index is 12.3. The van der Waals surface area contributed by atoms with Crippen molar-refractivity contribution in [1.82, 2.24) is 0 Å². The van der Waals surface area contributed by atoms with Crippen molar-refractivity contribution in [3.05, 3.63) is 50.1 Å². The molecular formula is C18H20Cl2N4OS+2. The van der Waals surface area contributed by atoms with E-state index in [0.717, 1.165) is 37.1 Å². The first-order valence-electron chi connectivity index (χ1n) is 8.44. The number of halogens is 2. The molecule has 0 atom stereocenters. The van der Waals surface area contributed by atoms with E-state index < -0.39 is 0 Å². The van der Waals surface area contributed by atoms with Gasteiger partial charge in [-0.25, -0.2) is 0 Å². The van der Waals surface area contributed by atoms with Crippen LogP contribution in [0, 0.1) is 11.3 Å². The van der Waals surface area contributed by atoms with Crippen molar-refractivity contribution in [2.75, 3.05) is 38.0 Å². The normalized spacial score (nSPS) is 19.7. The minimum absolute atomic E-state index is 0.0905. The first kappa shape index (κ1) is 19.2. The quantitative estimate of drug-likeness (QED) is 0.683. The summed E-state index contributed by atoms with van der Waals surface area (Å²) in [6.45, 7) is 5.34. The summed E-state index contributed by atoms with van der Waals surface area (Å²) in [7, 11) is 0. The number of rotatable bonds is 5. The molecule has 1 amide bonds. The maximum absolute atomic E-state index is 12.3. The Morgan fingerprint density at radius 2 is 1.88 bits per heavy atom. The Kier molecular flexibility index (Phi) is 6.52. The lowest BCUT2D eigenvalue weighted by Gasteiger charge is -2.29. The van der Waals surface area contributed by atoms with Crippen LogP contribution in [0.4, 0.5) is 5.69 Å². The Bertz CT molecular complexity index is 825. The molecule has 1 aromatic carbocycles. The number of nitrogens with zero attached hydrogens (tertiary/aromatic N) is 1. The van der Waals surface area contributed by atoms with Crippen molar-refractivity contribution in [2.24, 2.45) is 0 Å². The molecule has 1 saturated heterocycles. The van der Waals surface area contributed by atoms with Crippen LogP contribution in [-0.2, 0) is 11.3 Å². The van der Waals surface area contributed by atoms with Crippen LogP contribution in [0.2, 0.25) is 9.36 Å². The van der Waals surface area contributed by atoms with Crippen LogP contribution in [0.5, 0.6) is 0 Å². The van der Waals surface area contributed by atoms with E-state index in [1.54, 1.807) is 29.5 Å². The van der Waals surface area contributed by atoms with E-state index >= 15 is 0 Å². The molecule has 0 bridgehead atoms. The highest BCUT2D eigenvalue weighted by Crippen LogP contribution is 2.21. The SMILES string of the molecule is N#Cc1ccc(Cl)cc1NC(=O)C[NH+]1CC[NH+](Cc2ccc(Cl)s2)CC1. The van der Waals surface area contributed by atoms with Crippen LogP contribution in [0.3, 0.4) is 0 Å². The number of nitriles is 1. The van der Waals surface area contributed by atoms with E-state index in [4.69, 9.17) is 28.5 Å². The van der Waals surface area contributed by atoms with E-state index in [1.807, 2.05) is 6.07 Å². The van der Waals surface area contributed by atoms with Gasteiger partial charge in [0.1, 0.15) is 38.8 Å². The van der Waals surface area contributed by atoms with Crippen LogP contribution in [0.1, 0.15) is 10.4 Å². The first-order valence-corrected chi connectivity index (χ1v) is 10.0. The van der Waals surface area contributed by atoms with Crippen LogP contribution >= 0.6 is 34.5 Å². The number of anilines is 1. The van der Waals surface area contributed by atoms with Crippen LogP contribution < -0.4 is 15.1 Å². The summed E-state index contributed by atoms with van der Waals surface area (Å²) in [5, 5.41) is 12.5. The van der Waals surface area contributed by atoms with Crippen molar-refractivity contribution >= 4 is 46.1 Å². The molecule has 0 unspecified atom stereocenters. The van der Waals surface area contributed by atoms with Gasteiger partial charge < -0.3 is 15.1 Å². The monoisotopic (exact) mass is 410 g/mol. The number of carbonyl (C=O) groups excluding carboxylic acids is 1. The number of hydrogen-bond acceptors (Lipinski definition) is 3. The lowest BCUT2D eigenvalue weighted by molar-refractivity contribution is -1.01. The van der Waals surface area contributed by atoms with E-state index in [1.165, 1.54) is 14.7 Å². The van der Waals surface area contributed by atoms with Crippen molar-refractivity contribution in [2.45, 2.75) is 6.54 Å². The van der Waals surface area contributed by atoms with Crippen molar-refractivity contribution in [3.63, 3.8) is 0 Å². The topological polar surface area (TPSA) is 61.8 Å². The van der Waals surface area contributed by atoms with Crippen molar-refractivity contribution in [3.8, 4) is 6.07 Å². The molecular weight excluding hydrogens is 391 g/mol. The Labute approximate surface area is 166 Å². The lowest BCUT2D eigenvalue weighted by Crippen LogP contribution is -3.28. The average Bonchev–Trinajstić information content (AvgIpc) is 3.02. The van der Waals surface area contributed by atoms with Gasteiger partial charge >= 0.3 is 0 Å². The van der Waals surface area contributed by atoms with Gasteiger partial charge in [-0.3, -0.25) is 4.79 Å². The Hall–Kier alpha value is -1.62. The molecule has 1 aromatic heterocycles. The smallest absolute Gasteiger partial charge is 0.279 e. The molecule has 136 valence electrons. The number of piperazine rings is 1. The van der Waals surface area contributed by atoms with Crippen LogP contribution in [0.25, 0.3) is 0 Å². The second-order valence-corrected chi connectivity index (χ2v) is 8.65. The number of quaternary nitrogens is 2. The van der Waals surface area contributed by atoms with Crippen molar-refractivity contribution < 1.29 is 14.6 Å². The third-order valence-corrected chi connectivity index (χ3v) is 5.97. The fraction of sp³-hybridized carbons (Fsp3) is 0.333. The molecule has 1 aliphatic heterocycles. The Morgan fingerprint density at radius 3 is 2.54 bits per heavy atom. The summed E-state index contributed by atoms with van der Waals surface area (Å²) in [6, 6.07) is 11.0. The molecule has 1 aliphatic rings. The summed E-state index contributed by atoms with van der Waals surface area (Å²) in [5.74, 6) is -0.0905. The molecule has 2 heterocycles. The van der Waals surface area contributed by atoms with Gasteiger partial charge in [-0.2, -0.15) is 5.26 Å². The van der Waals surface area contributed by atoms with E-state index in [0.29, 0.717) is 22.8 Å². The van der Waals surface area contributed by atoms with Gasteiger partial charge in [0.2, 0.25) is 0 Å². The summed E-state index contributed by atoms with van der Waals surface area (Å²) < 4.78 is 0.832. The van der Waals surface area contributed by atoms with E-state index in [-0.39, 0.29) is 5.91 Å². The second-order valence-electron chi connectivity index (χ2n) is 6.41. The molecule has 0 saturated carbocycles. The number of carbonyl (C=O) groups is 1. The number of nitrogens with one attached hydrogen (secondary N) is 3. The molecule has 2 aromatic rings. The van der Waals surface area contributed by atoms with Crippen LogP contribution in [-0.4, -0.2) is 38.6 Å². The second kappa shape index (κ2) is 8.85. The molecule has 8 heteroatoms. The third kappa shape index (κ3) is 5.19. The molecule has 0 aliphatic carbocycles. The molecule has 3 rings (SSSR count). The minimum Gasteiger partial charge on any atom is -0.321 e. The van der Waals surface area contributed by atoms with Gasteiger partial charge in [0.15, 0.2) is 6.54 Å². The highest BCUT2D eigenvalue weighted by molar-refractivity contribution is 7.16. The number of amides is 1. The molecule has 1 fully saturated rings. The lowest BCUT2D eigenvalue weighted by atomic mass is 10.2. The van der Waals surface area contributed by atoms with Gasteiger partial charge in [-0.15, -0.1) is 11.3 Å². The molecule has 26 heavy (non-hydrogen) atoms. The number of thiophene rings is 1. The Balaban J connectivity index is 1.48. The van der Waals surface area contributed by atoms with Gasteiger partial charge in [-0.1, -0.05) is 23.2 Å². The van der Waals surface area contributed by atoms with Crippen molar-refractivity contribution in [1.29, 1.82) is 5.26 Å². The predicted octanol–water partition coefficient (Wildman–Crippen LogP) is 0.849. The zero-order valence-corrected chi connectivity index (χ0v) is 16.5. The summed E-state index contributed by atoms with van der Waals surface area (Å²) in [6.07, 6.45) is 0. The molecule has 3 N–H and O–H groups in total. The zero-order valence-electron chi connectivity index (χ0n) is 14.1. The Morgan fingerprint density at radius 1 is 1.15 bits per heavy atom. The van der Waals surface area contributed by atoms with Gasteiger partial charge in [0.25, 0.3) is 5.91 Å². The molecule has 0 radical (unpaired) electrons. The summed E-state index contributed by atoms with van der Waals surface area (Å²) in [5.41, 5.74) is 0.893. The van der Waals surface area contributed by atoms with Crippen LogP contribution in [0.15, 0.2) is 30.3 Å². The van der Waals surface area contributed by atoms with Gasteiger partial charge in [0, 0.05) is 5.02 Å². The highest BCUT2D eigenvalue weighted by Gasteiger charge is 2.25. The largest absolute Gasteiger partial charge is 0.321 e. The van der Waals surface area contributed by atoms with E-state index in [9.17, 15) is 4.79 Å². The highest BCUT2D eigenvalue weighted by atomic mass is 35.5. The fourth-order valence-electron chi connectivity index (χ4n) is 3.14. The molecule has 0 spiro atoms. The summed E-state index contributed by atoms with van der Waals surface area (Å²) >= 11 is 13.6. The zero-order chi connectivity index (χ0) is 18.5. The number of hydrogen-bond donors (Lipinski definition) is 3. The first-order chi connectivity index (χ1) is 12.5. The minimum atomic E-state index is -0.0905. The number of benzene rings is 1. The maximum Gasteiger partial charge on any atom is 0.279 e. The van der Waals surface area contributed by atoms with E-state index in [2.05, 4.69) is 17.5 Å². The standard InChI is InChI=1S/C18H18Cl2N4OS/c19-14-2-1-13(10-21)16(9-14)22-18(25)12-24-7-5-23(6-8-24)11-15-3-4-17(20)26-15/h1-4,9H,5-8,11-12H2,(H,22,25)/p+2. The molecule has 5 nitrogen and oxygen atoms in total. The third-order valence-electron chi connectivity index (χ3n) is 4.50.